The molecule has 0 aliphatic heterocycles. The molecule has 100 valence electrons. The fourth-order valence-electron chi connectivity index (χ4n) is 1.92. The van der Waals surface area contributed by atoms with Crippen LogP contribution in [0.25, 0.3) is 0 Å². The number of hydrogen-bond donors (Lipinski definition) is 2. The number of nitrogens with one attached hydrogen (secondary N) is 1. The second kappa shape index (κ2) is 5.93. The van der Waals surface area contributed by atoms with Gasteiger partial charge in [0.05, 0.1) is 5.69 Å². The third kappa shape index (κ3) is 3.38. The summed E-state index contributed by atoms with van der Waals surface area (Å²) in [5.74, 6) is -0.0840. The summed E-state index contributed by atoms with van der Waals surface area (Å²) in [6, 6.07) is 7.14. The van der Waals surface area contributed by atoms with E-state index < -0.39 is 0 Å². The van der Waals surface area contributed by atoms with E-state index in [1.165, 1.54) is 0 Å². The average molecular weight is 275 g/mol. The summed E-state index contributed by atoms with van der Waals surface area (Å²) < 4.78 is 1.77. The Kier molecular flexibility index (Phi) is 4.27. The first-order valence-electron chi connectivity index (χ1n) is 6.18. The van der Waals surface area contributed by atoms with Gasteiger partial charge < -0.3 is 5.32 Å². The van der Waals surface area contributed by atoms with Crippen molar-refractivity contribution in [3.8, 4) is 0 Å². The molecule has 1 heterocycles. The molecule has 0 aliphatic rings. The van der Waals surface area contributed by atoms with Gasteiger partial charge in [0.25, 0.3) is 5.91 Å². The molecule has 2 aromatic rings. The van der Waals surface area contributed by atoms with E-state index in [0.29, 0.717) is 12.1 Å². The van der Waals surface area contributed by atoms with Gasteiger partial charge in [-0.2, -0.15) is 5.10 Å². The van der Waals surface area contributed by atoms with Gasteiger partial charge in [-0.3, -0.25) is 9.48 Å². The first kappa shape index (κ1) is 13.7. The van der Waals surface area contributed by atoms with Gasteiger partial charge >= 0.3 is 0 Å². The maximum atomic E-state index is 12.0. The Hall–Kier alpha value is -1.75. The van der Waals surface area contributed by atoms with Crippen LogP contribution in [0.3, 0.4) is 0 Å². The predicted octanol–water partition coefficient (Wildman–Crippen LogP) is 2.20. The normalized spacial score (nSPS) is 10.5. The van der Waals surface area contributed by atoms with Gasteiger partial charge in [-0.25, -0.2) is 0 Å². The molecule has 19 heavy (non-hydrogen) atoms. The molecule has 0 unspecified atom stereocenters. The summed E-state index contributed by atoms with van der Waals surface area (Å²) >= 11 is 4.20. The van der Waals surface area contributed by atoms with E-state index >= 15 is 0 Å². The van der Waals surface area contributed by atoms with Gasteiger partial charge in [-0.05, 0) is 30.7 Å². The molecule has 1 N–H and O–H groups in total. The first-order valence-corrected chi connectivity index (χ1v) is 6.63. The maximum absolute atomic E-state index is 12.0. The molecular weight excluding hydrogens is 258 g/mol. The van der Waals surface area contributed by atoms with Crippen molar-refractivity contribution in [1.29, 1.82) is 0 Å². The van der Waals surface area contributed by atoms with Crippen LogP contribution in [0, 0.1) is 0 Å². The highest BCUT2D eigenvalue weighted by molar-refractivity contribution is 7.80. The molecule has 0 fully saturated rings. The molecule has 0 aliphatic carbocycles. The average Bonchev–Trinajstić information content (AvgIpc) is 2.77. The second-order valence-corrected chi connectivity index (χ2v) is 4.87. The summed E-state index contributed by atoms with van der Waals surface area (Å²) in [4.78, 5) is 12.8. The lowest BCUT2D eigenvalue weighted by atomic mass is 10.2. The summed E-state index contributed by atoms with van der Waals surface area (Å²) in [7, 11) is 1.88. The van der Waals surface area contributed by atoms with Crippen molar-refractivity contribution in [2.24, 2.45) is 7.05 Å². The molecule has 0 saturated carbocycles. The Balaban J connectivity index is 2.02. The monoisotopic (exact) mass is 275 g/mol. The summed E-state index contributed by atoms with van der Waals surface area (Å²) in [5.41, 5.74) is 2.72. The zero-order valence-corrected chi connectivity index (χ0v) is 11.9. The standard InChI is InChI=1S/C14H17N3OS/c1-3-13-11(9-17(2)16-13)8-15-14(18)10-4-6-12(19)7-5-10/h4-7,9,19H,3,8H2,1-2H3,(H,15,18). The van der Waals surface area contributed by atoms with E-state index in [2.05, 4.69) is 30.0 Å². The number of aryl methyl sites for hydroxylation is 2. The molecule has 1 amide bonds. The Morgan fingerprint density at radius 2 is 2.05 bits per heavy atom. The second-order valence-electron chi connectivity index (χ2n) is 4.36. The number of thiol groups is 1. The molecule has 1 aromatic carbocycles. The van der Waals surface area contributed by atoms with Crippen LogP contribution in [-0.4, -0.2) is 15.7 Å². The minimum atomic E-state index is -0.0840. The van der Waals surface area contributed by atoms with E-state index in [9.17, 15) is 4.79 Å². The zero-order chi connectivity index (χ0) is 13.8. The molecule has 0 bridgehead atoms. The molecule has 0 atom stereocenters. The fraction of sp³-hybridized carbons (Fsp3) is 0.286. The van der Waals surface area contributed by atoms with Gasteiger partial charge in [0.1, 0.15) is 0 Å². The molecule has 0 spiro atoms. The minimum Gasteiger partial charge on any atom is -0.348 e. The van der Waals surface area contributed by atoms with Crippen LogP contribution in [0.1, 0.15) is 28.5 Å². The molecule has 5 heteroatoms. The third-order valence-corrected chi connectivity index (χ3v) is 3.19. The largest absolute Gasteiger partial charge is 0.348 e. The lowest BCUT2D eigenvalue weighted by Gasteiger charge is -2.05. The van der Waals surface area contributed by atoms with Crippen molar-refractivity contribution in [2.75, 3.05) is 0 Å². The highest BCUT2D eigenvalue weighted by Gasteiger charge is 2.09. The van der Waals surface area contributed by atoms with Crippen molar-refractivity contribution in [3.63, 3.8) is 0 Å². The van der Waals surface area contributed by atoms with Crippen LogP contribution < -0.4 is 5.32 Å². The highest BCUT2D eigenvalue weighted by Crippen LogP contribution is 2.09. The summed E-state index contributed by atoms with van der Waals surface area (Å²) in [6.07, 6.45) is 2.80. The van der Waals surface area contributed by atoms with Crippen LogP contribution in [0.5, 0.6) is 0 Å². The number of carbonyl (C=O) groups is 1. The quantitative estimate of drug-likeness (QED) is 0.840. The van der Waals surface area contributed by atoms with Crippen LogP contribution in [-0.2, 0) is 20.0 Å². The van der Waals surface area contributed by atoms with Crippen LogP contribution in [0.4, 0.5) is 0 Å². The summed E-state index contributed by atoms with van der Waals surface area (Å²) in [5, 5.41) is 7.25. The topological polar surface area (TPSA) is 46.9 Å². The maximum Gasteiger partial charge on any atom is 0.251 e. The van der Waals surface area contributed by atoms with Crippen molar-refractivity contribution in [2.45, 2.75) is 24.8 Å². The Bertz CT molecular complexity index is 575. The Labute approximate surface area is 118 Å². The molecular formula is C14H17N3OS. The fourth-order valence-corrected chi connectivity index (χ4v) is 2.07. The number of aromatic nitrogens is 2. The van der Waals surface area contributed by atoms with Crippen molar-refractivity contribution in [3.05, 3.63) is 47.3 Å². The number of amides is 1. The van der Waals surface area contributed by atoms with E-state index in [4.69, 9.17) is 0 Å². The zero-order valence-electron chi connectivity index (χ0n) is 11.1. The predicted molar refractivity (Wildman–Crippen MR) is 77.5 cm³/mol. The van der Waals surface area contributed by atoms with E-state index in [1.54, 1.807) is 28.9 Å². The third-order valence-electron chi connectivity index (χ3n) is 2.90. The molecule has 1 aromatic heterocycles. The van der Waals surface area contributed by atoms with Gasteiger partial charge in [0, 0.05) is 35.8 Å². The first-order chi connectivity index (χ1) is 9.10. The number of nitrogens with zero attached hydrogens (tertiary/aromatic N) is 2. The lowest BCUT2D eigenvalue weighted by Crippen LogP contribution is -2.23. The SMILES string of the molecule is CCc1nn(C)cc1CNC(=O)c1ccc(S)cc1. The number of benzene rings is 1. The highest BCUT2D eigenvalue weighted by atomic mass is 32.1. The smallest absolute Gasteiger partial charge is 0.251 e. The Morgan fingerprint density at radius 1 is 1.37 bits per heavy atom. The van der Waals surface area contributed by atoms with Gasteiger partial charge in [0.2, 0.25) is 0 Å². The molecule has 4 nitrogen and oxygen atoms in total. The summed E-state index contributed by atoms with van der Waals surface area (Å²) in [6.45, 7) is 2.55. The van der Waals surface area contributed by atoms with Crippen LogP contribution in [0.2, 0.25) is 0 Å². The lowest BCUT2D eigenvalue weighted by molar-refractivity contribution is 0.0951. The number of hydrogen-bond acceptors (Lipinski definition) is 3. The van der Waals surface area contributed by atoms with Gasteiger partial charge in [-0.1, -0.05) is 6.92 Å². The van der Waals surface area contributed by atoms with Gasteiger partial charge in [0.15, 0.2) is 0 Å². The molecule has 0 radical (unpaired) electrons. The molecule has 2 rings (SSSR count). The van der Waals surface area contributed by atoms with Crippen LogP contribution >= 0.6 is 12.6 Å². The molecule has 0 saturated heterocycles. The van der Waals surface area contributed by atoms with Crippen molar-refractivity contribution in [1.82, 2.24) is 15.1 Å². The Morgan fingerprint density at radius 3 is 2.68 bits per heavy atom. The van der Waals surface area contributed by atoms with E-state index in [-0.39, 0.29) is 5.91 Å². The van der Waals surface area contributed by atoms with E-state index in [0.717, 1.165) is 22.6 Å². The minimum absolute atomic E-state index is 0.0840. The van der Waals surface area contributed by atoms with Crippen molar-refractivity contribution < 1.29 is 4.79 Å². The van der Waals surface area contributed by atoms with Gasteiger partial charge in [-0.15, -0.1) is 12.6 Å². The number of carbonyl (C=O) groups excluding carboxylic acids is 1. The van der Waals surface area contributed by atoms with E-state index in [1.807, 2.05) is 13.2 Å². The van der Waals surface area contributed by atoms with Crippen LogP contribution in [0.15, 0.2) is 35.4 Å². The van der Waals surface area contributed by atoms with Crippen molar-refractivity contribution >= 4 is 18.5 Å². The number of rotatable bonds is 4.